The molecule has 3 rings (SSSR count). The van der Waals surface area contributed by atoms with E-state index >= 15 is 0 Å². The van der Waals surface area contributed by atoms with Crippen molar-refractivity contribution in [2.24, 2.45) is 5.73 Å². The first-order chi connectivity index (χ1) is 15.0. The number of nitrogens with two attached hydrogens (primary N) is 1. The van der Waals surface area contributed by atoms with Gasteiger partial charge >= 0.3 is 0 Å². The molecule has 0 bridgehead atoms. The van der Waals surface area contributed by atoms with Gasteiger partial charge in [-0.1, -0.05) is 49.0 Å². The van der Waals surface area contributed by atoms with Crippen molar-refractivity contribution < 1.29 is 4.79 Å². The number of amides is 1. The highest BCUT2D eigenvalue weighted by Gasteiger charge is 2.27. The van der Waals surface area contributed by atoms with Gasteiger partial charge in [0.25, 0.3) is 0 Å². The van der Waals surface area contributed by atoms with Crippen LogP contribution in [0.1, 0.15) is 40.8 Å². The fraction of sp³-hybridized carbons (Fsp3) is 0.391. The molecule has 7 nitrogen and oxygen atoms in total. The van der Waals surface area contributed by atoms with Gasteiger partial charge in [0.1, 0.15) is 28.2 Å². The van der Waals surface area contributed by atoms with Crippen molar-refractivity contribution >= 4 is 23.5 Å². The van der Waals surface area contributed by atoms with Crippen LogP contribution in [0.5, 0.6) is 0 Å². The molecule has 0 saturated carbocycles. The summed E-state index contributed by atoms with van der Waals surface area (Å²) in [4.78, 5) is 21.4. The summed E-state index contributed by atoms with van der Waals surface area (Å²) in [6, 6.07) is 13.7. The lowest BCUT2D eigenvalue weighted by Gasteiger charge is -2.25. The Balaban J connectivity index is 2.12. The third-order valence-electron chi connectivity index (χ3n) is 5.43. The standard InChI is InChI=1S/C23H26N6OS/c1-3-17-18(14-24)22(29-11-7-10-28(2)12-13-29)27-23(19(17)15-25)31-20(21(26)30)16-8-5-4-6-9-16/h4-6,8-9,20H,3,7,10-13H2,1-2H3,(H2,26,30)/t20-/m1/s1. The molecule has 1 atom stereocenters. The molecule has 1 saturated heterocycles. The number of nitrogens with zero attached hydrogens (tertiary/aromatic N) is 5. The molecule has 31 heavy (non-hydrogen) atoms. The molecule has 0 aliphatic carbocycles. The van der Waals surface area contributed by atoms with E-state index in [4.69, 9.17) is 10.7 Å². The molecule has 1 amide bonds. The lowest BCUT2D eigenvalue weighted by molar-refractivity contribution is -0.117. The van der Waals surface area contributed by atoms with Crippen molar-refractivity contribution in [1.29, 1.82) is 10.5 Å². The van der Waals surface area contributed by atoms with Gasteiger partial charge in [0.05, 0.1) is 11.1 Å². The fourth-order valence-corrected chi connectivity index (χ4v) is 4.84. The second kappa shape index (κ2) is 10.3. The van der Waals surface area contributed by atoms with Crippen LogP contribution in [0.2, 0.25) is 0 Å². The lowest BCUT2D eigenvalue weighted by Crippen LogP contribution is -2.30. The number of aromatic nitrogens is 1. The van der Waals surface area contributed by atoms with Crippen molar-refractivity contribution in [1.82, 2.24) is 9.88 Å². The summed E-state index contributed by atoms with van der Waals surface area (Å²) in [5.41, 5.74) is 7.94. The van der Waals surface area contributed by atoms with Gasteiger partial charge in [-0.3, -0.25) is 4.79 Å². The van der Waals surface area contributed by atoms with E-state index in [0.29, 0.717) is 34.0 Å². The van der Waals surface area contributed by atoms with Gasteiger partial charge in [0.2, 0.25) is 5.91 Å². The molecule has 1 aliphatic heterocycles. The SMILES string of the molecule is CCc1c(C#N)c(S[C@@H](C(N)=O)c2ccccc2)nc(N2CCCN(C)CC2)c1C#N. The number of thioether (sulfide) groups is 1. The maximum absolute atomic E-state index is 12.3. The molecule has 0 unspecified atom stereocenters. The average Bonchev–Trinajstić information content (AvgIpc) is 3.00. The van der Waals surface area contributed by atoms with E-state index in [0.717, 1.165) is 38.2 Å². The minimum atomic E-state index is -0.679. The van der Waals surface area contributed by atoms with E-state index in [1.165, 1.54) is 11.8 Å². The number of benzene rings is 1. The molecular weight excluding hydrogens is 408 g/mol. The van der Waals surface area contributed by atoms with E-state index in [1.54, 1.807) is 0 Å². The van der Waals surface area contributed by atoms with Crippen LogP contribution in [-0.4, -0.2) is 49.0 Å². The number of hydrogen-bond acceptors (Lipinski definition) is 7. The minimum Gasteiger partial charge on any atom is -0.368 e. The molecule has 2 heterocycles. The first kappa shape index (κ1) is 22.6. The van der Waals surface area contributed by atoms with Crippen LogP contribution in [0.15, 0.2) is 35.4 Å². The fourth-order valence-electron chi connectivity index (χ4n) is 3.79. The van der Waals surface area contributed by atoms with Crippen molar-refractivity contribution in [3.05, 3.63) is 52.6 Å². The Morgan fingerprint density at radius 2 is 1.87 bits per heavy atom. The normalized spacial score (nSPS) is 15.5. The van der Waals surface area contributed by atoms with Crippen molar-refractivity contribution in [2.75, 3.05) is 38.1 Å². The van der Waals surface area contributed by atoms with Gasteiger partial charge in [-0.2, -0.15) is 10.5 Å². The summed E-state index contributed by atoms with van der Waals surface area (Å²) < 4.78 is 0. The van der Waals surface area contributed by atoms with E-state index in [9.17, 15) is 15.3 Å². The molecule has 0 radical (unpaired) electrons. The summed E-state index contributed by atoms with van der Waals surface area (Å²) >= 11 is 1.18. The van der Waals surface area contributed by atoms with Gasteiger partial charge in [0, 0.05) is 19.6 Å². The highest BCUT2D eigenvalue weighted by Crippen LogP contribution is 2.39. The maximum Gasteiger partial charge on any atom is 0.235 e. The Bertz CT molecular complexity index is 1030. The zero-order valence-corrected chi connectivity index (χ0v) is 18.7. The maximum atomic E-state index is 12.3. The number of carbonyl (C=O) groups is 1. The molecule has 0 spiro atoms. The van der Waals surface area contributed by atoms with E-state index in [1.807, 2.05) is 37.3 Å². The highest BCUT2D eigenvalue weighted by molar-refractivity contribution is 8.00. The van der Waals surface area contributed by atoms with E-state index < -0.39 is 11.2 Å². The van der Waals surface area contributed by atoms with Crippen LogP contribution in [0, 0.1) is 22.7 Å². The highest BCUT2D eigenvalue weighted by atomic mass is 32.2. The van der Waals surface area contributed by atoms with E-state index in [-0.39, 0.29) is 0 Å². The molecule has 1 aliphatic rings. The predicted molar refractivity (Wildman–Crippen MR) is 122 cm³/mol. The van der Waals surface area contributed by atoms with Crippen LogP contribution in [0.25, 0.3) is 0 Å². The number of likely N-dealkylation sites (N-methyl/N-ethyl adjacent to an activating group) is 1. The number of anilines is 1. The molecular formula is C23H26N6OS. The van der Waals surface area contributed by atoms with Crippen LogP contribution < -0.4 is 10.6 Å². The van der Waals surface area contributed by atoms with Gasteiger partial charge in [-0.05, 0) is 37.6 Å². The van der Waals surface area contributed by atoms with Crippen LogP contribution in [-0.2, 0) is 11.2 Å². The monoisotopic (exact) mass is 434 g/mol. The number of primary amides is 1. The molecule has 8 heteroatoms. The van der Waals surface area contributed by atoms with Crippen LogP contribution in [0.3, 0.4) is 0 Å². The van der Waals surface area contributed by atoms with Gasteiger partial charge < -0.3 is 15.5 Å². The summed E-state index contributed by atoms with van der Waals surface area (Å²) in [7, 11) is 2.08. The molecule has 1 aromatic heterocycles. The zero-order chi connectivity index (χ0) is 22.4. The first-order valence-electron chi connectivity index (χ1n) is 10.3. The summed E-state index contributed by atoms with van der Waals surface area (Å²) in [5.74, 6) is 0.0923. The van der Waals surface area contributed by atoms with Crippen molar-refractivity contribution in [3.63, 3.8) is 0 Å². The number of hydrogen-bond donors (Lipinski definition) is 1. The van der Waals surface area contributed by atoms with Gasteiger partial charge in [0.15, 0.2) is 0 Å². The van der Waals surface area contributed by atoms with Crippen molar-refractivity contribution in [2.45, 2.75) is 30.0 Å². The largest absolute Gasteiger partial charge is 0.368 e. The summed E-state index contributed by atoms with van der Waals surface area (Å²) in [6.45, 7) is 5.30. The Hall–Kier alpha value is -3.07. The molecule has 2 N–H and O–H groups in total. The quantitative estimate of drug-likeness (QED) is 0.696. The molecule has 2 aromatic rings. The second-order valence-electron chi connectivity index (χ2n) is 7.50. The Labute approximate surface area is 187 Å². The smallest absolute Gasteiger partial charge is 0.235 e. The van der Waals surface area contributed by atoms with Crippen LogP contribution in [0.4, 0.5) is 5.82 Å². The Morgan fingerprint density at radius 3 is 2.48 bits per heavy atom. The van der Waals surface area contributed by atoms with Crippen LogP contribution >= 0.6 is 11.8 Å². The topological polar surface area (TPSA) is 110 Å². The third kappa shape index (κ3) is 4.99. The summed E-state index contributed by atoms with van der Waals surface area (Å²) in [6.07, 6.45) is 1.48. The number of pyridine rings is 1. The molecule has 1 aromatic carbocycles. The zero-order valence-electron chi connectivity index (χ0n) is 17.8. The van der Waals surface area contributed by atoms with Gasteiger partial charge in [-0.15, -0.1) is 0 Å². The number of rotatable bonds is 6. The Morgan fingerprint density at radius 1 is 1.16 bits per heavy atom. The predicted octanol–water partition coefficient (Wildman–Crippen LogP) is 2.85. The molecule has 1 fully saturated rings. The minimum absolute atomic E-state index is 0.349. The Kier molecular flexibility index (Phi) is 7.51. The average molecular weight is 435 g/mol. The number of nitriles is 2. The van der Waals surface area contributed by atoms with Crippen molar-refractivity contribution in [3.8, 4) is 12.1 Å². The van der Waals surface area contributed by atoms with Gasteiger partial charge in [-0.25, -0.2) is 4.98 Å². The number of carbonyl (C=O) groups excluding carboxylic acids is 1. The molecule has 160 valence electrons. The third-order valence-corrected chi connectivity index (χ3v) is 6.69. The second-order valence-corrected chi connectivity index (χ2v) is 8.59. The van der Waals surface area contributed by atoms with E-state index in [2.05, 4.69) is 29.0 Å². The lowest BCUT2D eigenvalue weighted by atomic mass is 10.0. The summed E-state index contributed by atoms with van der Waals surface area (Å²) in [5, 5.41) is 19.6. The first-order valence-corrected chi connectivity index (χ1v) is 11.2.